The summed E-state index contributed by atoms with van der Waals surface area (Å²) in [7, 11) is 3.61. The molecule has 2 aromatic carbocycles. The van der Waals surface area contributed by atoms with Crippen molar-refractivity contribution in [2.24, 2.45) is 4.99 Å². The summed E-state index contributed by atoms with van der Waals surface area (Å²) >= 11 is 0. The van der Waals surface area contributed by atoms with Gasteiger partial charge in [-0.25, -0.2) is 4.39 Å². The van der Waals surface area contributed by atoms with Gasteiger partial charge < -0.3 is 24.8 Å². The number of rotatable bonds is 4. The average Bonchev–Trinajstić information content (AvgIpc) is 2.65. The first kappa shape index (κ1) is 21.1. The van der Waals surface area contributed by atoms with Gasteiger partial charge in [-0.3, -0.25) is 4.99 Å². The molecular weight excluding hydrogens is 464 g/mol. The number of guanidine groups is 1. The number of hydrogen-bond donors (Lipinski definition) is 2. The van der Waals surface area contributed by atoms with Crippen molar-refractivity contribution in [3.63, 3.8) is 0 Å². The van der Waals surface area contributed by atoms with Gasteiger partial charge in [0.2, 0.25) is 0 Å². The molecule has 0 bridgehead atoms. The van der Waals surface area contributed by atoms with Crippen LogP contribution in [-0.2, 0) is 13.1 Å². The number of benzene rings is 2. The van der Waals surface area contributed by atoms with Crippen molar-refractivity contribution in [2.75, 3.05) is 27.3 Å². The zero-order valence-corrected chi connectivity index (χ0v) is 17.6. The Hall–Kier alpha value is -2.23. The molecule has 0 aliphatic carbocycles. The molecule has 0 saturated carbocycles. The summed E-state index contributed by atoms with van der Waals surface area (Å²) in [5.74, 6) is 1.20. The lowest BCUT2D eigenvalue weighted by Gasteiger charge is -2.24. The van der Waals surface area contributed by atoms with Crippen LogP contribution in [0.2, 0.25) is 0 Å². The average molecular weight is 487 g/mol. The Labute approximate surface area is 175 Å². The number of fused-ring (bicyclic) bond motifs is 1. The number of nitrogens with one attached hydrogen (secondary N) is 1. The van der Waals surface area contributed by atoms with Crippen molar-refractivity contribution in [3.8, 4) is 17.2 Å². The first-order chi connectivity index (χ1) is 12.6. The normalized spacial score (nSPS) is 12.9. The van der Waals surface area contributed by atoms with Gasteiger partial charge in [0.05, 0.1) is 0 Å². The summed E-state index contributed by atoms with van der Waals surface area (Å²) in [5.41, 5.74) is 1.78. The first-order valence-corrected chi connectivity index (χ1v) is 8.34. The molecule has 0 radical (unpaired) electrons. The highest BCUT2D eigenvalue weighted by Crippen LogP contribution is 2.31. The highest BCUT2D eigenvalue weighted by Gasteiger charge is 2.13. The van der Waals surface area contributed by atoms with Crippen LogP contribution in [0.4, 0.5) is 4.39 Å². The molecule has 0 unspecified atom stereocenters. The molecule has 146 valence electrons. The highest BCUT2D eigenvalue weighted by atomic mass is 127. The van der Waals surface area contributed by atoms with Gasteiger partial charge in [0.25, 0.3) is 0 Å². The summed E-state index contributed by atoms with van der Waals surface area (Å²) in [6, 6.07) is 10.2. The molecule has 0 spiro atoms. The number of aliphatic imine (C=N–C) groups is 1. The molecule has 6 nitrogen and oxygen atoms in total. The Bertz CT molecular complexity index is 817. The predicted molar refractivity (Wildman–Crippen MR) is 113 cm³/mol. The van der Waals surface area contributed by atoms with E-state index in [1.165, 1.54) is 12.1 Å². The third-order valence-corrected chi connectivity index (χ3v) is 4.06. The molecule has 0 aromatic heterocycles. The number of nitrogens with zero attached hydrogens (tertiary/aromatic N) is 2. The lowest BCUT2D eigenvalue weighted by molar-refractivity contribution is 0.171. The molecule has 1 aliphatic rings. The third kappa shape index (κ3) is 5.38. The largest absolute Gasteiger partial charge is 0.505 e. The molecule has 8 heteroatoms. The number of phenols is 1. The molecule has 1 aliphatic heterocycles. The number of halogens is 2. The SMILES string of the molecule is CN=C(NCc1ccc(O)c(F)c1)N(C)Cc1ccc2c(c1)OCCO2.I. The lowest BCUT2D eigenvalue weighted by Crippen LogP contribution is -2.38. The third-order valence-electron chi connectivity index (χ3n) is 4.06. The van der Waals surface area contributed by atoms with Gasteiger partial charge >= 0.3 is 0 Å². The van der Waals surface area contributed by atoms with E-state index in [0.717, 1.165) is 17.1 Å². The molecule has 27 heavy (non-hydrogen) atoms. The smallest absolute Gasteiger partial charge is 0.193 e. The standard InChI is InChI=1S/C19H22FN3O3.HI/c1-21-19(22-11-13-3-5-16(24)15(20)9-13)23(2)12-14-4-6-17-18(10-14)26-8-7-25-17;/h3-6,9-10,24H,7-8,11-12H2,1-2H3,(H,21,22);1H. The summed E-state index contributed by atoms with van der Waals surface area (Å²) in [5, 5.41) is 12.4. The second-order valence-corrected chi connectivity index (χ2v) is 6.02. The molecule has 0 atom stereocenters. The Morgan fingerprint density at radius 2 is 1.85 bits per heavy atom. The Morgan fingerprint density at radius 3 is 2.56 bits per heavy atom. The number of ether oxygens (including phenoxy) is 2. The minimum atomic E-state index is -0.635. The quantitative estimate of drug-likeness (QED) is 0.394. The Kier molecular flexibility index (Phi) is 7.52. The maximum Gasteiger partial charge on any atom is 0.193 e. The predicted octanol–water partition coefficient (Wildman–Crippen LogP) is 3.13. The van der Waals surface area contributed by atoms with Crippen LogP contribution < -0.4 is 14.8 Å². The van der Waals surface area contributed by atoms with Crippen molar-refractivity contribution in [1.29, 1.82) is 0 Å². The van der Waals surface area contributed by atoms with Crippen molar-refractivity contribution >= 4 is 29.9 Å². The van der Waals surface area contributed by atoms with Gasteiger partial charge in [-0.05, 0) is 35.4 Å². The topological polar surface area (TPSA) is 66.3 Å². The molecule has 0 amide bonds. The zero-order chi connectivity index (χ0) is 18.5. The fraction of sp³-hybridized carbons (Fsp3) is 0.316. The maximum absolute atomic E-state index is 13.4. The lowest BCUT2D eigenvalue weighted by atomic mass is 10.2. The van der Waals surface area contributed by atoms with Crippen LogP contribution in [0.25, 0.3) is 0 Å². The Morgan fingerprint density at radius 1 is 1.15 bits per heavy atom. The van der Waals surface area contributed by atoms with Crippen LogP contribution in [0.15, 0.2) is 41.4 Å². The van der Waals surface area contributed by atoms with E-state index in [0.29, 0.717) is 37.8 Å². The van der Waals surface area contributed by atoms with Crippen LogP contribution in [0, 0.1) is 5.82 Å². The second kappa shape index (κ2) is 9.63. The van der Waals surface area contributed by atoms with E-state index in [9.17, 15) is 9.50 Å². The van der Waals surface area contributed by atoms with E-state index in [1.54, 1.807) is 13.1 Å². The molecule has 2 N–H and O–H groups in total. The van der Waals surface area contributed by atoms with E-state index in [-0.39, 0.29) is 29.7 Å². The van der Waals surface area contributed by atoms with Crippen LogP contribution >= 0.6 is 24.0 Å². The fourth-order valence-corrected chi connectivity index (χ4v) is 2.76. The first-order valence-electron chi connectivity index (χ1n) is 8.34. The second-order valence-electron chi connectivity index (χ2n) is 6.02. The molecule has 3 rings (SSSR count). The van der Waals surface area contributed by atoms with Gasteiger partial charge in [0.15, 0.2) is 29.0 Å². The maximum atomic E-state index is 13.4. The van der Waals surface area contributed by atoms with Crippen molar-refractivity contribution < 1.29 is 19.0 Å². The van der Waals surface area contributed by atoms with Gasteiger partial charge in [0, 0.05) is 27.2 Å². The molecule has 0 fully saturated rings. The van der Waals surface area contributed by atoms with Gasteiger partial charge in [-0.1, -0.05) is 12.1 Å². The monoisotopic (exact) mass is 487 g/mol. The van der Waals surface area contributed by atoms with E-state index < -0.39 is 5.82 Å². The van der Waals surface area contributed by atoms with E-state index in [1.807, 2.05) is 30.1 Å². The summed E-state index contributed by atoms with van der Waals surface area (Å²) < 4.78 is 24.6. The molecule has 1 heterocycles. The van der Waals surface area contributed by atoms with Crippen LogP contribution in [0.1, 0.15) is 11.1 Å². The highest BCUT2D eigenvalue weighted by molar-refractivity contribution is 14.0. The van der Waals surface area contributed by atoms with E-state index in [4.69, 9.17) is 9.47 Å². The van der Waals surface area contributed by atoms with Gasteiger partial charge in [0.1, 0.15) is 13.2 Å². The Balaban J connectivity index is 0.00000261. The van der Waals surface area contributed by atoms with E-state index in [2.05, 4.69) is 10.3 Å². The van der Waals surface area contributed by atoms with Crippen molar-refractivity contribution in [2.45, 2.75) is 13.1 Å². The number of hydrogen-bond acceptors (Lipinski definition) is 4. The fourth-order valence-electron chi connectivity index (χ4n) is 2.76. The molecular formula is C19H23FIN3O3. The summed E-state index contributed by atoms with van der Waals surface area (Å²) in [6.45, 7) is 2.15. The summed E-state index contributed by atoms with van der Waals surface area (Å²) in [6.07, 6.45) is 0. The zero-order valence-electron chi connectivity index (χ0n) is 15.2. The van der Waals surface area contributed by atoms with Gasteiger partial charge in [-0.15, -0.1) is 24.0 Å². The molecule has 0 saturated heterocycles. The van der Waals surface area contributed by atoms with Crippen molar-refractivity contribution in [3.05, 3.63) is 53.3 Å². The minimum absolute atomic E-state index is 0. The molecule has 2 aromatic rings. The number of phenolic OH excluding ortho intramolecular Hbond substituents is 1. The van der Waals surface area contributed by atoms with Crippen LogP contribution in [0.3, 0.4) is 0 Å². The minimum Gasteiger partial charge on any atom is -0.505 e. The van der Waals surface area contributed by atoms with Crippen LogP contribution in [-0.4, -0.2) is 43.3 Å². The van der Waals surface area contributed by atoms with E-state index >= 15 is 0 Å². The van der Waals surface area contributed by atoms with Gasteiger partial charge in [-0.2, -0.15) is 0 Å². The van der Waals surface area contributed by atoms with Crippen molar-refractivity contribution in [1.82, 2.24) is 10.2 Å². The van der Waals surface area contributed by atoms with Crippen LogP contribution in [0.5, 0.6) is 17.2 Å². The summed E-state index contributed by atoms with van der Waals surface area (Å²) in [4.78, 5) is 6.22. The number of aromatic hydroxyl groups is 1.